The Hall–Kier alpha value is -1.09. The fraction of sp³-hybridized carbons (Fsp3) is 0.100. The van der Waals surface area contributed by atoms with E-state index in [0.29, 0.717) is 11.0 Å². The molecule has 0 fully saturated rings. The second kappa shape index (κ2) is 3.00. The lowest BCUT2D eigenvalue weighted by Crippen LogP contribution is -1.98. The molecule has 3 heteroatoms. The molecule has 0 N–H and O–H groups in total. The van der Waals surface area contributed by atoms with Crippen LogP contribution in [0.2, 0.25) is 0 Å². The first-order chi connectivity index (χ1) is 6.18. The fourth-order valence-electron chi connectivity index (χ4n) is 1.32. The van der Waals surface area contributed by atoms with Crippen LogP contribution < -0.4 is 5.43 Å². The van der Waals surface area contributed by atoms with E-state index in [1.54, 1.807) is 6.07 Å². The van der Waals surface area contributed by atoms with Crippen LogP contribution in [0.15, 0.2) is 38.1 Å². The normalized spacial score (nSPS) is 10.6. The van der Waals surface area contributed by atoms with Crippen LogP contribution in [0.3, 0.4) is 0 Å². The van der Waals surface area contributed by atoms with Gasteiger partial charge in [-0.1, -0.05) is 15.9 Å². The van der Waals surface area contributed by atoms with Crippen LogP contribution in [-0.2, 0) is 0 Å². The van der Waals surface area contributed by atoms with Crippen LogP contribution in [0.1, 0.15) is 5.56 Å². The highest BCUT2D eigenvalue weighted by Gasteiger charge is 2.03. The van der Waals surface area contributed by atoms with Crippen LogP contribution in [0.25, 0.3) is 11.0 Å². The van der Waals surface area contributed by atoms with Crippen molar-refractivity contribution in [3.05, 3.63) is 44.7 Å². The quantitative estimate of drug-likeness (QED) is 0.707. The first kappa shape index (κ1) is 8.51. The first-order valence-electron chi connectivity index (χ1n) is 3.86. The van der Waals surface area contributed by atoms with Gasteiger partial charge in [0.2, 0.25) is 0 Å². The van der Waals surface area contributed by atoms with E-state index in [4.69, 9.17) is 4.42 Å². The van der Waals surface area contributed by atoms with Crippen molar-refractivity contribution in [2.45, 2.75) is 6.92 Å². The summed E-state index contributed by atoms with van der Waals surface area (Å²) < 4.78 is 6.16. The average Bonchev–Trinajstić information content (AvgIpc) is 2.07. The van der Waals surface area contributed by atoms with Gasteiger partial charge in [0.1, 0.15) is 5.58 Å². The van der Waals surface area contributed by atoms with Crippen LogP contribution in [0.5, 0.6) is 0 Å². The largest absolute Gasteiger partial charge is 0.464 e. The summed E-state index contributed by atoms with van der Waals surface area (Å²) in [5.74, 6) is 0. The first-order valence-corrected chi connectivity index (χ1v) is 4.65. The molecule has 0 unspecified atom stereocenters. The molecule has 66 valence electrons. The maximum Gasteiger partial charge on any atom is 0.192 e. The van der Waals surface area contributed by atoms with Crippen molar-refractivity contribution in [3.63, 3.8) is 0 Å². The van der Waals surface area contributed by atoms with Gasteiger partial charge in [0, 0.05) is 10.5 Å². The number of rotatable bonds is 0. The van der Waals surface area contributed by atoms with Gasteiger partial charge in [-0.25, -0.2) is 0 Å². The van der Waals surface area contributed by atoms with Gasteiger partial charge >= 0.3 is 0 Å². The molecular weight excluding hydrogens is 232 g/mol. The zero-order valence-electron chi connectivity index (χ0n) is 7.00. The van der Waals surface area contributed by atoms with Gasteiger partial charge < -0.3 is 4.42 Å². The third-order valence-electron chi connectivity index (χ3n) is 1.91. The number of halogens is 1. The number of aryl methyl sites for hydroxylation is 1. The summed E-state index contributed by atoms with van der Waals surface area (Å²) in [7, 11) is 0. The zero-order valence-corrected chi connectivity index (χ0v) is 8.59. The Morgan fingerprint density at radius 2 is 2.15 bits per heavy atom. The van der Waals surface area contributed by atoms with Crippen LogP contribution in [0, 0.1) is 6.92 Å². The predicted octanol–water partition coefficient (Wildman–Crippen LogP) is 2.86. The van der Waals surface area contributed by atoms with Crippen molar-refractivity contribution in [3.8, 4) is 0 Å². The van der Waals surface area contributed by atoms with Gasteiger partial charge in [-0.05, 0) is 24.6 Å². The second-order valence-electron chi connectivity index (χ2n) is 2.88. The monoisotopic (exact) mass is 238 g/mol. The molecule has 1 aromatic heterocycles. The minimum Gasteiger partial charge on any atom is -0.464 e. The van der Waals surface area contributed by atoms with Crippen molar-refractivity contribution in [1.29, 1.82) is 0 Å². The topological polar surface area (TPSA) is 30.2 Å². The van der Waals surface area contributed by atoms with E-state index in [2.05, 4.69) is 15.9 Å². The molecule has 1 heterocycles. The molecule has 0 bridgehead atoms. The Labute approximate surface area is 83.3 Å². The lowest BCUT2D eigenvalue weighted by atomic mass is 10.1. The molecule has 0 spiro atoms. The van der Waals surface area contributed by atoms with E-state index in [0.717, 1.165) is 10.0 Å². The highest BCUT2D eigenvalue weighted by Crippen LogP contribution is 2.20. The summed E-state index contributed by atoms with van der Waals surface area (Å²) in [4.78, 5) is 11.4. The van der Waals surface area contributed by atoms with Crippen molar-refractivity contribution < 1.29 is 4.42 Å². The molecule has 1 aromatic carbocycles. The zero-order chi connectivity index (χ0) is 9.42. The molecular formula is C10H7BrO2. The Kier molecular flexibility index (Phi) is 1.96. The molecule has 0 saturated heterocycles. The molecule has 2 nitrogen and oxygen atoms in total. The lowest BCUT2D eigenvalue weighted by molar-refractivity contribution is 0.600. The van der Waals surface area contributed by atoms with Gasteiger partial charge in [-0.15, -0.1) is 0 Å². The standard InChI is InChI=1S/C10H7BrO2/c1-6-4-7(11)5-8-9(12)2-3-13-10(6)8/h2-5H,1H3. The van der Waals surface area contributed by atoms with E-state index in [-0.39, 0.29) is 5.43 Å². The van der Waals surface area contributed by atoms with Crippen molar-refractivity contribution in [2.24, 2.45) is 0 Å². The van der Waals surface area contributed by atoms with Gasteiger partial charge in [-0.3, -0.25) is 4.79 Å². The summed E-state index contributed by atoms with van der Waals surface area (Å²) >= 11 is 3.34. The minimum atomic E-state index is -0.00866. The van der Waals surface area contributed by atoms with E-state index in [1.807, 2.05) is 13.0 Å². The number of hydrogen-bond acceptors (Lipinski definition) is 2. The average molecular weight is 239 g/mol. The molecule has 0 aliphatic heterocycles. The van der Waals surface area contributed by atoms with E-state index < -0.39 is 0 Å². The SMILES string of the molecule is Cc1cc(Br)cc2c(=O)ccoc12. The van der Waals surface area contributed by atoms with Crippen molar-refractivity contribution in [2.75, 3.05) is 0 Å². The third kappa shape index (κ3) is 1.40. The molecule has 0 atom stereocenters. The summed E-state index contributed by atoms with van der Waals surface area (Å²) in [6.07, 6.45) is 1.42. The van der Waals surface area contributed by atoms with Crippen LogP contribution in [-0.4, -0.2) is 0 Å². The summed E-state index contributed by atoms with van der Waals surface area (Å²) in [5, 5.41) is 0.620. The Balaban J connectivity index is 3.03. The molecule has 0 radical (unpaired) electrons. The van der Waals surface area contributed by atoms with Crippen molar-refractivity contribution in [1.82, 2.24) is 0 Å². The van der Waals surface area contributed by atoms with Crippen LogP contribution in [0.4, 0.5) is 0 Å². The van der Waals surface area contributed by atoms with E-state index in [9.17, 15) is 4.79 Å². The van der Waals surface area contributed by atoms with Crippen molar-refractivity contribution >= 4 is 26.9 Å². The van der Waals surface area contributed by atoms with Crippen LogP contribution >= 0.6 is 15.9 Å². The summed E-state index contributed by atoms with van der Waals surface area (Å²) in [6, 6.07) is 5.12. The maximum absolute atomic E-state index is 11.4. The predicted molar refractivity (Wildman–Crippen MR) is 54.9 cm³/mol. The molecule has 0 aliphatic carbocycles. The molecule has 13 heavy (non-hydrogen) atoms. The fourth-order valence-corrected chi connectivity index (χ4v) is 1.90. The lowest BCUT2D eigenvalue weighted by Gasteiger charge is -2.00. The minimum absolute atomic E-state index is 0.00866. The molecule has 0 aliphatic rings. The van der Waals surface area contributed by atoms with Gasteiger partial charge in [0.05, 0.1) is 11.6 Å². The van der Waals surface area contributed by atoms with Gasteiger partial charge in [-0.2, -0.15) is 0 Å². The van der Waals surface area contributed by atoms with E-state index >= 15 is 0 Å². The Morgan fingerprint density at radius 1 is 1.38 bits per heavy atom. The molecule has 0 saturated carbocycles. The Bertz CT molecular complexity index is 514. The van der Waals surface area contributed by atoms with Gasteiger partial charge in [0.25, 0.3) is 0 Å². The summed E-state index contributed by atoms with van der Waals surface area (Å²) in [5.41, 5.74) is 1.61. The molecule has 2 rings (SSSR count). The Morgan fingerprint density at radius 3 is 2.92 bits per heavy atom. The second-order valence-corrected chi connectivity index (χ2v) is 3.80. The molecule has 2 aromatic rings. The van der Waals surface area contributed by atoms with Gasteiger partial charge in [0.15, 0.2) is 5.43 Å². The molecule has 0 amide bonds. The third-order valence-corrected chi connectivity index (χ3v) is 2.37. The number of benzene rings is 1. The highest BCUT2D eigenvalue weighted by molar-refractivity contribution is 9.10. The maximum atomic E-state index is 11.4. The summed E-state index contributed by atoms with van der Waals surface area (Å²) in [6.45, 7) is 1.91. The number of fused-ring (bicyclic) bond motifs is 1. The highest BCUT2D eigenvalue weighted by atomic mass is 79.9. The smallest absolute Gasteiger partial charge is 0.192 e. The number of hydrogen-bond donors (Lipinski definition) is 0. The van der Waals surface area contributed by atoms with E-state index in [1.165, 1.54) is 12.3 Å².